The van der Waals surface area contributed by atoms with Crippen LogP contribution in [0.15, 0.2) is 16.5 Å². The fourth-order valence-corrected chi connectivity index (χ4v) is 2.43. The van der Waals surface area contributed by atoms with Crippen molar-refractivity contribution in [1.82, 2.24) is 9.80 Å². The number of rotatable bonds is 5. The zero-order valence-corrected chi connectivity index (χ0v) is 13.8. The molecule has 0 amide bonds. The molecule has 2 heterocycles. The molecule has 8 heteroatoms. The minimum Gasteiger partial charge on any atom is -0.459 e. The fourth-order valence-electron chi connectivity index (χ4n) is 2.43. The molecule has 0 radical (unpaired) electrons. The highest BCUT2D eigenvalue weighted by Crippen LogP contribution is 2.18. The highest BCUT2D eigenvalue weighted by molar-refractivity contribution is 5.72. The predicted octanol–water partition coefficient (Wildman–Crippen LogP) is 1.65. The second-order valence-electron chi connectivity index (χ2n) is 6.64. The molecule has 1 aromatic rings. The number of piperazine rings is 1. The Bertz CT molecular complexity index is 556. The number of esters is 1. The van der Waals surface area contributed by atoms with Crippen LogP contribution in [0.4, 0.5) is 5.88 Å². The van der Waals surface area contributed by atoms with E-state index in [1.807, 2.05) is 20.8 Å². The third-order valence-electron chi connectivity index (χ3n) is 3.44. The van der Waals surface area contributed by atoms with E-state index >= 15 is 0 Å². The zero-order chi connectivity index (χ0) is 17.0. The van der Waals surface area contributed by atoms with Crippen LogP contribution in [0, 0.1) is 10.1 Å². The van der Waals surface area contributed by atoms with Crippen LogP contribution in [0.5, 0.6) is 0 Å². The van der Waals surface area contributed by atoms with Crippen molar-refractivity contribution >= 4 is 11.9 Å². The summed E-state index contributed by atoms with van der Waals surface area (Å²) in [5.41, 5.74) is -0.465. The lowest BCUT2D eigenvalue weighted by molar-refractivity contribution is -0.402. The van der Waals surface area contributed by atoms with Crippen LogP contribution in [0.3, 0.4) is 0 Å². The van der Waals surface area contributed by atoms with Crippen LogP contribution in [-0.4, -0.2) is 59.0 Å². The van der Waals surface area contributed by atoms with E-state index in [9.17, 15) is 14.9 Å². The number of furan rings is 1. The molecule has 23 heavy (non-hydrogen) atoms. The summed E-state index contributed by atoms with van der Waals surface area (Å²) in [4.78, 5) is 26.1. The van der Waals surface area contributed by atoms with Crippen LogP contribution in [-0.2, 0) is 16.1 Å². The molecule has 1 saturated heterocycles. The summed E-state index contributed by atoms with van der Waals surface area (Å²) in [6, 6.07) is 3.00. The number of carbonyl (C=O) groups is 1. The number of carbonyl (C=O) groups excluding carboxylic acids is 1. The summed E-state index contributed by atoms with van der Waals surface area (Å²) in [5.74, 6) is 0.133. The van der Waals surface area contributed by atoms with Crippen molar-refractivity contribution in [1.29, 1.82) is 0 Å². The summed E-state index contributed by atoms with van der Waals surface area (Å²) in [7, 11) is 0. The Hall–Kier alpha value is -1.93. The molecular weight excluding hydrogens is 302 g/mol. The Kier molecular flexibility index (Phi) is 5.38. The Morgan fingerprint density at radius 1 is 1.26 bits per heavy atom. The molecule has 1 aliphatic rings. The maximum Gasteiger partial charge on any atom is 0.433 e. The van der Waals surface area contributed by atoms with Gasteiger partial charge in [-0.3, -0.25) is 24.7 Å². The normalized spacial score (nSPS) is 17.2. The molecule has 8 nitrogen and oxygen atoms in total. The quantitative estimate of drug-likeness (QED) is 0.462. The first-order valence-electron chi connectivity index (χ1n) is 7.62. The third kappa shape index (κ3) is 5.65. The minimum absolute atomic E-state index is 0.215. The number of nitro groups is 1. The minimum atomic E-state index is -0.539. The van der Waals surface area contributed by atoms with Crippen molar-refractivity contribution in [2.24, 2.45) is 0 Å². The molecule has 0 aromatic carbocycles. The molecule has 0 aliphatic carbocycles. The van der Waals surface area contributed by atoms with E-state index < -0.39 is 10.5 Å². The third-order valence-corrected chi connectivity index (χ3v) is 3.44. The highest BCUT2D eigenvalue weighted by Gasteiger charge is 2.23. The van der Waals surface area contributed by atoms with Gasteiger partial charge in [0.25, 0.3) is 0 Å². The van der Waals surface area contributed by atoms with E-state index in [2.05, 4.69) is 9.80 Å². The van der Waals surface area contributed by atoms with E-state index in [4.69, 9.17) is 9.15 Å². The van der Waals surface area contributed by atoms with Crippen LogP contribution < -0.4 is 0 Å². The topological polar surface area (TPSA) is 89.1 Å². The molecule has 1 aliphatic heterocycles. The van der Waals surface area contributed by atoms with E-state index in [0.29, 0.717) is 12.3 Å². The maximum absolute atomic E-state index is 11.8. The summed E-state index contributed by atoms with van der Waals surface area (Å²) in [6.07, 6.45) is 0. The fraction of sp³-hybridized carbons (Fsp3) is 0.667. The summed E-state index contributed by atoms with van der Waals surface area (Å²) >= 11 is 0. The molecule has 128 valence electrons. The van der Waals surface area contributed by atoms with Crippen LogP contribution in [0.25, 0.3) is 0 Å². The largest absolute Gasteiger partial charge is 0.459 e. The molecule has 0 atom stereocenters. The summed E-state index contributed by atoms with van der Waals surface area (Å²) in [6.45, 7) is 9.44. The molecule has 0 bridgehead atoms. The smallest absolute Gasteiger partial charge is 0.433 e. The van der Waals surface area contributed by atoms with Gasteiger partial charge in [-0.1, -0.05) is 0 Å². The molecule has 0 saturated carbocycles. The van der Waals surface area contributed by atoms with Crippen molar-refractivity contribution in [3.05, 3.63) is 28.0 Å². The first-order chi connectivity index (χ1) is 10.7. The van der Waals surface area contributed by atoms with Crippen molar-refractivity contribution in [3.63, 3.8) is 0 Å². The standard InChI is InChI=1S/C15H23N3O5/c1-15(2,3)23-14(19)11-17-8-6-16(7-9-17)10-12-4-5-13(22-12)18(20)21/h4-5H,6-11H2,1-3H3. The predicted molar refractivity (Wildman–Crippen MR) is 82.9 cm³/mol. The Labute approximate surface area is 135 Å². The number of ether oxygens (including phenoxy) is 1. The average molecular weight is 325 g/mol. The maximum atomic E-state index is 11.8. The molecule has 2 rings (SSSR count). The lowest BCUT2D eigenvalue weighted by Crippen LogP contribution is -2.48. The first-order valence-corrected chi connectivity index (χ1v) is 7.62. The van der Waals surface area contributed by atoms with Crippen molar-refractivity contribution in [2.75, 3.05) is 32.7 Å². The number of hydrogen-bond acceptors (Lipinski definition) is 7. The first kappa shape index (κ1) is 17.4. The van der Waals surface area contributed by atoms with E-state index in [1.165, 1.54) is 6.07 Å². The van der Waals surface area contributed by atoms with Gasteiger partial charge in [0.15, 0.2) is 0 Å². The van der Waals surface area contributed by atoms with Gasteiger partial charge in [-0.25, -0.2) is 0 Å². The van der Waals surface area contributed by atoms with Gasteiger partial charge < -0.3 is 9.15 Å². The number of hydrogen-bond donors (Lipinski definition) is 0. The lowest BCUT2D eigenvalue weighted by atomic mass is 10.2. The van der Waals surface area contributed by atoms with Gasteiger partial charge in [0.1, 0.15) is 16.3 Å². The van der Waals surface area contributed by atoms with Gasteiger partial charge in [-0.05, 0) is 26.8 Å². The van der Waals surface area contributed by atoms with Gasteiger partial charge in [-0.15, -0.1) is 0 Å². The van der Waals surface area contributed by atoms with E-state index in [0.717, 1.165) is 26.2 Å². The summed E-state index contributed by atoms with van der Waals surface area (Å²) in [5, 5.41) is 10.6. The van der Waals surface area contributed by atoms with E-state index in [1.54, 1.807) is 6.07 Å². The number of nitrogens with zero attached hydrogens (tertiary/aromatic N) is 3. The average Bonchev–Trinajstić information content (AvgIpc) is 2.87. The second-order valence-corrected chi connectivity index (χ2v) is 6.64. The van der Waals surface area contributed by atoms with Gasteiger partial charge in [0.2, 0.25) is 0 Å². The Morgan fingerprint density at radius 3 is 2.39 bits per heavy atom. The second kappa shape index (κ2) is 7.10. The SMILES string of the molecule is CC(C)(C)OC(=O)CN1CCN(Cc2ccc([N+](=O)[O-])o2)CC1. The molecular formula is C15H23N3O5. The molecule has 0 unspecified atom stereocenters. The van der Waals surface area contributed by atoms with Crippen molar-refractivity contribution < 1.29 is 18.9 Å². The van der Waals surface area contributed by atoms with Crippen LogP contribution in [0.2, 0.25) is 0 Å². The molecule has 1 aromatic heterocycles. The summed E-state index contributed by atoms with van der Waals surface area (Å²) < 4.78 is 10.5. The van der Waals surface area contributed by atoms with Gasteiger partial charge in [0.05, 0.1) is 19.2 Å². The van der Waals surface area contributed by atoms with Gasteiger partial charge >= 0.3 is 11.9 Å². The molecule has 1 fully saturated rings. The highest BCUT2D eigenvalue weighted by atomic mass is 16.6. The Morgan fingerprint density at radius 2 is 1.87 bits per heavy atom. The lowest BCUT2D eigenvalue weighted by Gasteiger charge is -2.34. The zero-order valence-electron chi connectivity index (χ0n) is 13.8. The van der Waals surface area contributed by atoms with Gasteiger partial charge in [-0.2, -0.15) is 0 Å². The van der Waals surface area contributed by atoms with Crippen LogP contribution in [0.1, 0.15) is 26.5 Å². The Balaban J connectivity index is 1.75. The molecule has 0 spiro atoms. The van der Waals surface area contributed by atoms with E-state index in [-0.39, 0.29) is 18.4 Å². The van der Waals surface area contributed by atoms with Crippen LogP contribution >= 0.6 is 0 Å². The monoisotopic (exact) mass is 325 g/mol. The van der Waals surface area contributed by atoms with Crippen molar-refractivity contribution in [3.8, 4) is 0 Å². The van der Waals surface area contributed by atoms with Gasteiger partial charge in [0, 0.05) is 26.2 Å². The van der Waals surface area contributed by atoms with Crippen molar-refractivity contribution in [2.45, 2.75) is 32.9 Å². The molecule has 0 N–H and O–H groups in total.